The molecule has 6 nitrogen and oxygen atoms in total. The van der Waals surface area contributed by atoms with E-state index >= 15 is 0 Å². The molecule has 6 heteroatoms. The zero-order valence-electron chi connectivity index (χ0n) is 14.8. The normalized spacial score (nSPS) is 9.78. The van der Waals surface area contributed by atoms with Crippen LogP contribution in [0.5, 0.6) is 17.2 Å². The molecule has 134 valence electrons. The van der Waals surface area contributed by atoms with Gasteiger partial charge in [0.25, 0.3) is 0 Å². The van der Waals surface area contributed by atoms with Crippen molar-refractivity contribution < 1.29 is 19.0 Å². The van der Waals surface area contributed by atoms with Crippen LogP contribution in [-0.4, -0.2) is 20.2 Å². The molecule has 0 aliphatic heterocycles. The summed E-state index contributed by atoms with van der Waals surface area (Å²) in [5.74, 6) is 0.973. The van der Waals surface area contributed by atoms with E-state index in [1.807, 2.05) is 0 Å². The van der Waals surface area contributed by atoms with Gasteiger partial charge in [-0.2, -0.15) is 10.5 Å². The Kier molecular flexibility index (Phi) is 6.76. The number of esters is 1. The Labute approximate surface area is 157 Å². The van der Waals surface area contributed by atoms with Crippen LogP contribution in [0.3, 0.4) is 0 Å². The number of hydrogen-bond acceptors (Lipinski definition) is 6. The highest BCUT2D eigenvalue weighted by atomic mass is 16.5. The predicted molar refractivity (Wildman–Crippen MR) is 99.9 cm³/mol. The van der Waals surface area contributed by atoms with Gasteiger partial charge in [-0.1, -0.05) is 18.2 Å². The van der Waals surface area contributed by atoms with E-state index in [2.05, 4.69) is 0 Å². The van der Waals surface area contributed by atoms with Crippen molar-refractivity contribution in [3.05, 3.63) is 65.2 Å². The van der Waals surface area contributed by atoms with Gasteiger partial charge in [0, 0.05) is 6.08 Å². The lowest BCUT2D eigenvalue weighted by Gasteiger charge is -2.07. The lowest BCUT2D eigenvalue weighted by Crippen LogP contribution is -2.03. The molecule has 0 aliphatic carbocycles. The van der Waals surface area contributed by atoms with Crippen molar-refractivity contribution in [1.82, 2.24) is 0 Å². The second-order valence-corrected chi connectivity index (χ2v) is 5.22. The summed E-state index contributed by atoms with van der Waals surface area (Å²) < 4.78 is 15.6. The van der Waals surface area contributed by atoms with E-state index in [4.69, 9.17) is 24.7 Å². The number of ether oxygens (including phenoxy) is 3. The van der Waals surface area contributed by atoms with Gasteiger partial charge in [-0.25, -0.2) is 4.79 Å². The minimum absolute atomic E-state index is 0.00222. The van der Waals surface area contributed by atoms with Gasteiger partial charge in [-0.3, -0.25) is 0 Å². The van der Waals surface area contributed by atoms with Crippen molar-refractivity contribution in [3.63, 3.8) is 0 Å². The lowest BCUT2D eigenvalue weighted by molar-refractivity contribution is -0.128. The minimum Gasteiger partial charge on any atom is -0.493 e. The molecule has 0 heterocycles. The molecule has 0 aliphatic rings. The van der Waals surface area contributed by atoms with Gasteiger partial charge >= 0.3 is 5.97 Å². The Morgan fingerprint density at radius 3 is 2.15 bits per heavy atom. The molecule has 0 spiro atoms. The number of nitrogens with zero attached hydrogens (tertiary/aromatic N) is 2. The number of carbonyl (C=O) groups is 1. The summed E-state index contributed by atoms with van der Waals surface area (Å²) in [6, 6.07) is 15.3. The van der Waals surface area contributed by atoms with Gasteiger partial charge < -0.3 is 14.2 Å². The van der Waals surface area contributed by atoms with Crippen molar-refractivity contribution in [1.29, 1.82) is 10.5 Å². The van der Waals surface area contributed by atoms with Crippen LogP contribution in [-0.2, 0) is 4.79 Å². The Bertz CT molecular complexity index is 945. The first kappa shape index (κ1) is 19.3. The van der Waals surface area contributed by atoms with Crippen LogP contribution in [0.15, 0.2) is 54.1 Å². The van der Waals surface area contributed by atoms with Crippen LogP contribution in [0.25, 0.3) is 12.2 Å². The molecule has 0 N–H and O–H groups in total. The number of rotatable bonds is 6. The van der Waals surface area contributed by atoms with E-state index < -0.39 is 5.97 Å². The van der Waals surface area contributed by atoms with Crippen LogP contribution in [0.2, 0.25) is 0 Å². The summed E-state index contributed by atoms with van der Waals surface area (Å²) in [7, 11) is 3.09. The summed E-state index contributed by atoms with van der Waals surface area (Å²) in [5.41, 5.74) is 1.41. The third-order valence-electron chi connectivity index (χ3n) is 3.47. The third-order valence-corrected chi connectivity index (χ3v) is 3.47. The monoisotopic (exact) mass is 360 g/mol. The standard InChI is InChI=1S/C21H16N2O4/c1-25-19-9-5-16(12-20(19)26-2)6-10-21(24)27-18-7-3-15(4-8-18)11-17(13-22)14-23/h3-12H,1-2H3/b10-6+. The van der Waals surface area contributed by atoms with Crippen LogP contribution in [0.4, 0.5) is 0 Å². The van der Waals surface area contributed by atoms with E-state index in [9.17, 15) is 4.79 Å². The van der Waals surface area contributed by atoms with Crippen molar-refractivity contribution in [2.75, 3.05) is 14.2 Å². The Morgan fingerprint density at radius 2 is 1.56 bits per heavy atom. The fraction of sp³-hybridized carbons (Fsp3) is 0.0952. The van der Waals surface area contributed by atoms with Crippen LogP contribution in [0.1, 0.15) is 11.1 Å². The molecular formula is C21H16N2O4. The average molecular weight is 360 g/mol. The van der Waals surface area contributed by atoms with E-state index in [0.717, 1.165) is 5.56 Å². The maximum atomic E-state index is 12.0. The third kappa shape index (κ3) is 5.48. The van der Waals surface area contributed by atoms with Crippen molar-refractivity contribution in [3.8, 4) is 29.4 Å². The first-order chi connectivity index (χ1) is 13.1. The van der Waals surface area contributed by atoms with Gasteiger partial charge in [0.1, 0.15) is 23.5 Å². The van der Waals surface area contributed by atoms with Crippen molar-refractivity contribution >= 4 is 18.1 Å². The summed E-state index contributed by atoms with van der Waals surface area (Å²) in [5, 5.41) is 17.5. The van der Waals surface area contributed by atoms with E-state index in [-0.39, 0.29) is 5.57 Å². The molecule has 0 radical (unpaired) electrons. The molecule has 2 aromatic carbocycles. The molecule has 0 aromatic heterocycles. The number of methoxy groups -OCH3 is 2. The topological polar surface area (TPSA) is 92.3 Å². The number of benzene rings is 2. The molecule has 0 bridgehead atoms. The highest BCUT2D eigenvalue weighted by molar-refractivity contribution is 5.88. The van der Waals surface area contributed by atoms with Gasteiger partial charge in [0.2, 0.25) is 0 Å². The van der Waals surface area contributed by atoms with Crippen molar-refractivity contribution in [2.24, 2.45) is 0 Å². The first-order valence-corrected chi connectivity index (χ1v) is 7.83. The van der Waals surface area contributed by atoms with Crippen LogP contribution in [0, 0.1) is 22.7 Å². The molecule has 0 atom stereocenters. The van der Waals surface area contributed by atoms with Crippen LogP contribution < -0.4 is 14.2 Å². The van der Waals surface area contributed by atoms with E-state index in [0.29, 0.717) is 22.8 Å². The number of allylic oxidation sites excluding steroid dienone is 1. The maximum absolute atomic E-state index is 12.0. The maximum Gasteiger partial charge on any atom is 0.336 e. The van der Waals surface area contributed by atoms with Gasteiger partial charge in [0.15, 0.2) is 11.5 Å². The molecule has 2 aromatic rings. The average Bonchev–Trinajstić information content (AvgIpc) is 2.71. The minimum atomic E-state index is -0.539. The Hall–Kier alpha value is -4.03. The van der Waals surface area contributed by atoms with Gasteiger partial charge in [-0.05, 0) is 47.5 Å². The second kappa shape index (κ2) is 9.45. The zero-order chi connectivity index (χ0) is 19.6. The molecule has 0 unspecified atom stereocenters. The second-order valence-electron chi connectivity index (χ2n) is 5.22. The largest absolute Gasteiger partial charge is 0.493 e. The smallest absolute Gasteiger partial charge is 0.336 e. The molecule has 0 amide bonds. The lowest BCUT2D eigenvalue weighted by atomic mass is 10.1. The summed E-state index contributed by atoms with van der Waals surface area (Å²) >= 11 is 0. The van der Waals surface area contributed by atoms with Gasteiger partial charge in [-0.15, -0.1) is 0 Å². The molecular weight excluding hydrogens is 344 g/mol. The number of nitriles is 2. The Morgan fingerprint density at radius 1 is 0.926 bits per heavy atom. The highest BCUT2D eigenvalue weighted by Gasteiger charge is 2.04. The summed E-state index contributed by atoms with van der Waals surface area (Å²) in [6.07, 6.45) is 4.36. The molecule has 0 fully saturated rings. The fourth-order valence-corrected chi connectivity index (χ4v) is 2.16. The number of hydrogen-bond donors (Lipinski definition) is 0. The quantitative estimate of drug-likeness (QED) is 0.337. The van der Waals surface area contributed by atoms with E-state index in [1.165, 1.54) is 19.3 Å². The van der Waals surface area contributed by atoms with Gasteiger partial charge in [0.05, 0.1) is 14.2 Å². The Balaban J connectivity index is 2.03. The predicted octanol–water partition coefficient (Wildman–Crippen LogP) is 3.75. The molecule has 0 saturated carbocycles. The summed E-state index contributed by atoms with van der Waals surface area (Å²) in [4.78, 5) is 12.0. The number of carbonyl (C=O) groups excluding carboxylic acids is 1. The zero-order valence-corrected chi connectivity index (χ0v) is 14.8. The SMILES string of the molecule is COc1ccc(/C=C/C(=O)Oc2ccc(C=C(C#N)C#N)cc2)cc1OC. The molecule has 0 saturated heterocycles. The summed E-state index contributed by atoms with van der Waals surface area (Å²) in [6.45, 7) is 0. The molecule has 27 heavy (non-hydrogen) atoms. The molecule has 2 rings (SSSR count). The van der Waals surface area contributed by atoms with Crippen LogP contribution >= 0.6 is 0 Å². The first-order valence-electron chi connectivity index (χ1n) is 7.83. The van der Waals surface area contributed by atoms with Crippen molar-refractivity contribution in [2.45, 2.75) is 0 Å². The fourth-order valence-electron chi connectivity index (χ4n) is 2.16. The van der Waals surface area contributed by atoms with E-state index in [1.54, 1.807) is 67.8 Å². The highest BCUT2D eigenvalue weighted by Crippen LogP contribution is 2.28.